The van der Waals surface area contributed by atoms with Gasteiger partial charge in [-0.2, -0.15) is 10.2 Å². The SMILES string of the molecule is CCc1c2c(nn1C)C(=O)N(C)CCOc1cnc(OC)cc1-c1cc3c(n[nH]c3cn1)C=C2. The lowest BCUT2D eigenvalue weighted by Crippen LogP contribution is -2.31. The Morgan fingerprint density at radius 2 is 2.03 bits per heavy atom. The van der Waals surface area contributed by atoms with E-state index in [0.717, 1.165) is 39.8 Å². The van der Waals surface area contributed by atoms with Crippen LogP contribution in [0.1, 0.15) is 34.4 Å². The van der Waals surface area contributed by atoms with Crippen LogP contribution in [0.15, 0.2) is 24.5 Å². The fourth-order valence-corrected chi connectivity index (χ4v) is 4.13. The molecule has 1 amide bonds. The monoisotopic (exact) mass is 459 g/mol. The molecule has 5 rings (SSSR count). The van der Waals surface area contributed by atoms with E-state index in [1.165, 1.54) is 0 Å². The Morgan fingerprint density at radius 1 is 1.18 bits per heavy atom. The number of pyridine rings is 2. The molecule has 1 aliphatic heterocycles. The highest BCUT2D eigenvalue weighted by molar-refractivity contribution is 5.98. The van der Waals surface area contributed by atoms with Gasteiger partial charge in [0.25, 0.3) is 5.91 Å². The highest BCUT2D eigenvalue weighted by atomic mass is 16.5. The van der Waals surface area contributed by atoms with Crippen molar-refractivity contribution in [2.75, 3.05) is 27.3 Å². The standard InChI is InChI=1S/C24H25N7O3/c1-5-20-14-6-7-17-15-10-18(25-12-19(15)28-27-17)16-11-22(33-4)26-13-21(16)34-9-8-30(2)24(32)23(14)29-31(20)3/h6-7,10-13H,5,8-9H2,1-4H3,(H,27,28). The quantitative estimate of drug-likeness (QED) is 0.491. The first-order chi connectivity index (χ1) is 16.5. The smallest absolute Gasteiger partial charge is 0.274 e. The van der Waals surface area contributed by atoms with Gasteiger partial charge in [0.2, 0.25) is 5.88 Å². The van der Waals surface area contributed by atoms with Crippen molar-refractivity contribution in [3.05, 3.63) is 47.2 Å². The largest absolute Gasteiger partial charge is 0.489 e. The molecule has 0 aromatic carbocycles. The Labute approximate surface area is 196 Å². The van der Waals surface area contributed by atoms with Crippen LogP contribution in [-0.4, -0.2) is 68.1 Å². The van der Waals surface area contributed by atoms with E-state index in [4.69, 9.17) is 9.47 Å². The van der Waals surface area contributed by atoms with Gasteiger partial charge in [0.1, 0.15) is 12.4 Å². The van der Waals surface area contributed by atoms with Crippen molar-refractivity contribution in [1.82, 2.24) is 34.8 Å². The van der Waals surface area contributed by atoms with Gasteiger partial charge in [0.05, 0.1) is 43.0 Å². The first-order valence-corrected chi connectivity index (χ1v) is 11.0. The van der Waals surface area contributed by atoms with Crippen LogP contribution in [0.2, 0.25) is 0 Å². The molecule has 4 aromatic heterocycles. The number of aromatic amines is 1. The number of likely N-dealkylation sites (N-methyl/N-ethyl adjacent to an activating group) is 1. The Kier molecular flexibility index (Phi) is 5.48. The number of hydrogen-bond acceptors (Lipinski definition) is 7. The number of nitrogens with one attached hydrogen (secondary N) is 1. The predicted octanol–water partition coefficient (Wildman–Crippen LogP) is 2.96. The lowest BCUT2D eigenvalue weighted by molar-refractivity contribution is 0.0767. The second-order valence-electron chi connectivity index (χ2n) is 8.04. The van der Waals surface area contributed by atoms with Gasteiger partial charge in [0, 0.05) is 42.4 Å². The normalized spacial score (nSPS) is 13.9. The van der Waals surface area contributed by atoms with Gasteiger partial charge in [-0.15, -0.1) is 0 Å². The van der Waals surface area contributed by atoms with Gasteiger partial charge in [-0.1, -0.05) is 6.92 Å². The number of aryl methyl sites for hydroxylation is 1. The molecule has 0 atom stereocenters. The minimum Gasteiger partial charge on any atom is -0.489 e. The van der Waals surface area contributed by atoms with E-state index in [2.05, 4.69) is 25.3 Å². The summed E-state index contributed by atoms with van der Waals surface area (Å²) in [6.45, 7) is 2.70. The summed E-state index contributed by atoms with van der Waals surface area (Å²) in [6.07, 6.45) is 7.91. The van der Waals surface area contributed by atoms with Crippen molar-refractivity contribution in [1.29, 1.82) is 0 Å². The number of carbonyl (C=O) groups excluding carboxylic acids is 1. The molecule has 34 heavy (non-hydrogen) atoms. The number of nitrogens with zero attached hydrogens (tertiary/aromatic N) is 6. The van der Waals surface area contributed by atoms with Crippen molar-refractivity contribution in [2.45, 2.75) is 13.3 Å². The minimum absolute atomic E-state index is 0.170. The second kappa shape index (κ2) is 8.62. The van der Waals surface area contributed by atoms with Crippen LogP contribution in [0.3, 0.4) is 0 Å². The molecule has 1 aliphatic rings. The summed E-state index contributed by atoms with van der Waals surface area (Å²) in [5.41, 5.74) is 5.15. The molecular weight excluding hydrogens is 434 g/mol. The molecule has 10 nitrogen and oxygen atoms in total. The van der Waals surface area contributed by atoms with Crippen LogP contribution in [-0.2, 0) is 13.5 Å². The number of methoxy groups -OCH3 is 1. The van der Waals surface area contributed by atoms with Crippen molar-refractivity contribution >= 4 is 29.0 Å². The summed E-state index contributed by atoms with van der Waals surface area (Å²) in [5, 5.41) is 12.9. The molecule has 5 heterocycles. The lowest BCUT2D eigenvalue weighted by Gasteiger charge is -2.18. The maximum absolute atomic E-state index is 13.3. The molecule has 4 aromatic rings. The van der Waals surface area contributed by atoms with Gasteiger partial charge >= 0.3 is 0 Å². The van der Waals surface area contributed by atoms with Gasteiger partial charge in [0.15, 0.2) is 5.69 Å². The third-order valence-corrected chi connectivity index (χ3v) is 5.99. The predicted molar refractivity (Wildman–Crippen MR) is 128 cm³/mol. The minimum atomic E-state index is -0.170. The van der Waals surface area contributed by atoms with Crippen LogP contribution in [0.25, 0.3) is 34.3 Å². The number of aromatic nitrogens is 6. The van der Waals surface area contributed by atoms with Crippen LogP contribution in [0.4, 0.5) is 0 Å². The number of H-pyrrole nitrogens is 1. The summed E-state index contributed by atoms with van der Waals surface area (Å²) in [6, 6.07) is 3.75. The molecular formula is C24H25N7O3. The fourth-order valence-electron chi connectivity index (χ4n) is 4.13. The summed E-state index contributed by atoms with van der Waals surface area (Å²) in [7, 11) is 5.16. The maximum Gasteiger partial charge on any atom is 0.274 e. The molecule has 0 saturated carbocycles. The molecule has 0 unspecified atom stereocenters. The summed E-state index contributed by atoms with van der Waals surface area (Å²) in [5.74, 6) is 0.836. The third kappa shape index (κ3) is 3.66. The second-order valence-corrected chi connectivity index (χ2v) is 8.04. The molecule has 10 heteroatoms. The Hall–Kier alpha value is -4.21. The first-order valence-electron chi connectivity index (χ1n) is 11.0. The Balaban J connectivity index is 1.71. The maximum atomic E-state index is 13.3. The van der Waals surface area contributed by atoms with Gasteiger partial charge in [-0.05, 0) is 24.6 Å². The van der Waals surface area contributed by atoms with Gasteiger partial charge < -0.3 is 14.4 Å². The number of ether oxygens (including phenoxy) is 2. The van der Waals surface area contributed by atoms with Gasteiger partial charge in [-0.3, -0.25) is 19.6 Å². The molecule has 2 bridgehead atoms. The lowest BCUT2D eigenvalue weighted by atomic mass is 10.1. The van der Waals surface area contributed by atoms with Crippen molar-refractivity contribution in [3.8, 4) is 22.9 Å². The van der Waals surface area contributed by atoms with E-state index in [1.54, 1.807) is 42.2 Å². The molecule has 0 fully saturated rings. The van der Waals surface area contributed by atoms with Gasteiger partial charge in [-0.25, -0.2) is 4.98 Å². The number of amides is 1. The zero-order chi connectivity index (χ0) is 23.8. The van der Waals surface area contributed by atoms with E-state index in [0.29, 0.717) is 29.6 Å². The molecule has 0 saturated heterocycles. The Bertz CT molecular complexity index is 1420. The van der Waals surface area contributed by atoms with Crippen molar-refractivity contribution in [3.63, 3.8) is 0 Å². The zero-order valence-corrected chi connectivity index (χ0v) is 19.5. The van der Waals surface area contributed by atoms with E-state index < -0.39 is 0 Å². The van der Waals surface area contributed by atoms with Crippen LogP contribution >= 0.6 is 0 Å². The number of rotatable bonds is 2. The number of carbonyl (C=O) groups is 1. The van der Waals surface area contributed by atoms with Crippen molar-refractivity contribution < 1.29 is 14.3 Å². The molecule has 1 N–H and O–H groups in total. The van der Waals surface area contributed by atoms with E-state index >= 15 is 0 Å². The number of hydrogen-bond donors (Lipinski definition) is 1. The fraction of sp³-hybridized carbons (Fsp3) is 0.292. The van der Waals surface area contributed by atoms with Crippen molar-refractivity contribution in [2.24, 2.45) is 7.05 Å². The van der Waals surface area contributed by atoms with E-state index in [-0.39, 0.29) is 12.5 Å². The zero-order valence-electron chi connectivity index (χ0n) is 19.5. The molecule has 0 spiro atoms. The van der Waals surface area contributed by atoms with Crippen LogP contribution < -0.4 is 9.47 Å². The summed E-state index contributed by atoms with van der Waals surface area (Å²) >= 11 is 0. The molecule has 0 aliphatic carbocycles. The third-order valence-electron chi connectivity index (χ3n) is 5.99. The van der Waals surface area contributed by atoms with Crippen LogP contribution in [0.5, 0.6) is 11.6 Å². The summed E-state index contributed by atoms with van der Waals surface area (Å²) < 4.78 is 13.1. The van der Waals surface area contributed by atoms with E-state index in [9.17, 15) is 4.79 Å². The average Bonchev–Trinajstić information content (AvgIpc) is 3.40. The topological polar surface area (TPSA) is 111 Å². The number of fused-ring (bicyclic) bond motifs is 4. The average molecular weight is 460 g/mol. The first kappa shape index (κ1) is 21.6. The van der Waals surface area contributed by atoms with E-state index in [1.807, 2.05) is 32.2 Å². The highest BCUT2D eigenvalue weighted by Crippen LogP contribution is 2.33. The highest BCUT2D eigenvalue weighted by Gasteiger charge is 2.23. The summed E-state index contributed by atoms with van der Waals surface area (Å²) in [4.78, 5) is 23.8. The molecule has 0 radical (unpaired) electrons. The Morgan fingerprint density at radius 3 is 2.82 bits per heavy atom. The van der Waals surface area contributed by atoms with Crippen LogP contribution in [0, 0.1) is 0 Å². The molecule has 174 valence electrons.